The number of alkyl halides is 2. The summed E-state index contributed by atoms with van der Waals surface area (Å²) in [6.45, 7) is 1.85. The van der Waals surface area contributed by atoms with Crippen molar-refractivity contribution in [3.05, 3.63) is 0 Å². The Hall–Kier alpha value is 0.920. The van der Waals surface area contributed by atoms with E-state index in [-0.39, 0.29) is 3.42 Å². The van der Waals surface area contributed by atoms with E-state index in [2.05, 4.69) is 31.9 Å². The number of hydrogen-bond acceptors (Lipinski definition) is 1. The van der Waals surface area contributed by atoms with Crippen LogP contribution in [0.4, 0.5) is 0 Å². The molecule has 0 heterocycles. The van der Waals surface area contributed by atoms with Crippen LogP contribution in [0.2, 0.25) is 0 Å². The molecule has 0 atom stereocenters. The van der Waals surface area contributed by atoms with E-state index in [0.717, 1.165) is 0 Å². The maximum absolute atomic E-state index is 4.77. The average Bonchev–Trinajstić information content (AvgIpc) is 1.35. The average molecular weight is 218 g/mol. The largest absolute Gasteiger partial charge is 0.357 e. The highest BCUT2D eigenvalue weighted by Gasteiger charge is 2.10. The van der Waals surface area contributed by atoms with Gasteiger partial charge < -0.3 is 4.74 Å². The first kappa shape index (κ1) is 6.92. The molecule has 38 valence electrons. The predicted molar refractivity (Wildman–Crippen MR) is 33.3 cm³/mol. The number of rotatable bonds is 1. The van der Waals surface area contributed by atoms with Gasteiger partial charge in [0.1, 0.15) is 0 Å². The van der Waals surface area contributed by atoms with E-state index in [4.69, 9.17) is 4.74 Å². The molecule has 0 saturated carbocycles. The Balaban J connectivity index is 3.17. The van der Waals surface area contributed by atoms with Crippen molar-refractivity contribution < 1.29 is 4.74 Å². The van der Waals surface area contributed by atoms with Gasteiger partial charge in [0.05, 0.1) is 0 Å². The minimum absolute atomic E-state index is 0.333. The molecule has 0 aliphatic rings. The molecule has 0 fully saturated rings. The molecule has 0 rings (SSSR count). The molecular formula is C3H6Br2O. The van der Waals surface area contributed by atoms with Gasteiger partial charge in [-0.15, -0.1) is 0 Å². The van der Waals surface area contributed by atoms with Gasteiger partial charge in [0.25, 0.3) is 0 Å². The zero-order valence-corrected chi connectivity index (χ0v) is 6.84. The fourth-order valence-corrected chi connectivity index (χ4v) is 0. The normalized spacial score (nSPS) is 12.0. The maximum atomic E-state index is 4.77. The van der Waals surface area contributed by atoms with Crippen molar-refractivity contribution in [3.8, 4) is 0 Å². The lowest BCUT2D eigenvalue weighted by Crippen LogP contribution is -2.05. The summed E-state index contributed by atoms with van der Waals surface area (Å²) in [6.07, 6.45) is 0. The van der Waals surface area contributed by atoms with Crippen LogP contribution >= 0.6 is 31.9 Å². The third-order valence-electron chi connectivity index (χ3n) is 0.358. The van der Waals surface area contributed by atoms with Crippen LogP contribution < -0.4 is 0 Å². The summed E-state index contributed by atoms with van der Waals surface area (Å²) in [6, 6.07) is 0. The van der Waals surface area contributed by atoms with Crippen molar-refractivity contribution in [1.82, 2.24) is 0 Å². The lowest BCUT2D eigenvalue weighted by Gasteiger charge is -2.08. The Morgan fingerprint density at radius 3 is 1.67 bits per heavy atom. The highest BCUT2D eigenvalue weighted by molar-refractivity contribution is 9.25. The molecule has 0 amide bonds. The fraction of sp³-hybridized carbons (Fsp3) is 1.00. The summed E-state index contributed by atoms with van der Waals surface area (Å²) in [5, 5.41) is 0. The van der Waals surface area contributed by atoms with Crippen molar-refractivity contribution in [1.29, 1.82) is 0 Å². The molecule has 0 radical (unpaired) electrons. The highest BCUT2D eigenvalue weighted by atomic mass is 79.9. The molecule has 0 aliphatic carbocycles. The summed E-state index contributed by atoms with van der Waals surface area (Å²) in [4.78, 5) is 0. The van der Waals surface area contributed by atoms with E-state index in [0.29, 0.717) is 0 Å². The van der Waals surface area contributed by atoms with Gasteiger partial charge in [-0.2, -0.15) is 0 Å². The molecule has 0 aromatic rings. The van der Waals surface area contributed by atoms with Crippen molar-refractivity contribution in [2.45, 2.75) is 10.3 Å². The highest BCUT2D eigenvalue weighted by Crippen LogP contribution is 2.24. The smallest absolute Gasteiger partial charge is 0.174 e. The summed E-state index contributed by atoms with van der Waals surface area (Å²) in [5.41, 5.74) is 0. The molecule has 0 aromatic heterocycles. The number of halogens is 2. The molecular weight excluding hydrogens is 212 g/mol. The zero-order valence-electron chi connectivity index (χ0n) is 3.66. The van der Waals surface area contributed by atoms with E-state index in [1.54, 1.807) is 7.11 Å². The maximum Gasteiger partial charge on any atom is 0.174 e. The van der Waals surface area contributed by atoms with E-state index in [1.807, 2.05) is 6.92 Å². The van der Waals surface area contributed by atoms with Crippen LogP contribution in [0.25, 0.3) is 0 Å². The Morgan fingerprint density at radius 2 is 1.67 bits per heavy atom. The van der Waals surface area contributed by atoms with Crippen LogP contribution in [0.3, 0.4) is 0 Å². The first-order valence-electron chi connectivity index (χ1n) is 1.49. The Morgan fingerprint density at radius 1 is 1.50 bits per heavy atom. The van der Waals surface area contributed by atoms with Crippen LogP contribution in [0, 0.1) is 0 Å². The van der Waals surface area contributed by atoms with Gasteiger partial charge in [0.15, 0.2) is 3.42 Å². The van der Waals surface area contributed by atoms with Crippen molar-refractivity contribution in [2.75, 3.05) is 7.11 Å². The monoisotopic (exact) mass is 216 g/mol. The van der Waals surface area contributed by atoms with E-state index in [1.165, 1.54) is 0 Å². The third kappa shape index (κ3) is 4.92. The lowest BCUT2D eigenvalue weighted by molar-refractivity contribution is 0.172. The van der Waals surface area contributed by atoms with E-state index >= 15 is 0 Å². The van der Waals surface area contributed by atoms with Gasteiger partial charge in [-0.25, -0.2) is 0 Å². The van der Waals surface area contributed by atoms with Gasteiger partial charge in [-0.3, -0.25) is 0 Å². The second-order valence-corrected chi connectivity index (χ2v) is 5.10. The predicted octanol–water partition coefficient (Wildman–Crippen LogP) is 2.10. The fourth-order valence-electron chi connectivity index (χ4n) is 0. The quantitative estimate of drug-likeness (QED) is 0.612. The molecule has 0 spiro atoms. The van der Waals surface area contributed by atoms with E-state index < -0.39 is 0 Å². The van der Waals surface area contributed by atoms with E-state index in [9.17, 15) is 0 Å². The summed E-state index contributed by atoms with van der Waals surface area (Å²) < 4.78 is 4.44. The van der Waals surface area contributed by atoms with Crippen LogP contribution in [0.5, 0.6) is 0 Å². The van der Waals surface area contributed by atoms with Crippen LogP contribution in [-0.4, -0.2) is 10.5 Å². The van der Waals surface area contributed by atoms with Crippen molar-refractivity contribution in [2.24, 2.45) is 0 Å². The molecule has 6 heavy (non-hydrogen) atoms. The molecule has 0 saturated heterocycles. The standard InChI is InChI=1S/C3H6Br2O/c1-3(4,5)6-2/h1-2H3. The first-order chi connectivity index (χ1) is 2.56. The minimum atomic E-state index is -0.333. The SMILES string of the molecule is COC(C)(Br)Br. The van der Waals surface area contributed by atoms with Gasteiger partial charge >= 0.3 is 0 Å². The first-order valence-corrected chi connectivity index (χ1v) is 3.08. The minimum Gasteiger partial charge on any atom is -0.357 e. The Labute approximate surface area is 54.3 Å². The third-order valence-corrected chi connectivity index (χ3v) is 1.01. The molecule has 0 unspecified atom stereocenters. The number of hydrogen-bond donors (Lipinski definition) is 0. The molecule has 1 nitrogen and oxygen atoms in total. The molecule has 0 aromatic carbocycles. The van der Waals surface area contributed by atoms with Crippen LogP contribution in [-0.2, 0) is 4.74 Å². The van der Waals surface area contributed by atoms with Crippen molar-refractivity contribution in [3.63, 3.8) is 0 Å². The molecule has 0 aliphatic heterocycles. The van der Waals surface area contributed by atoms with Crippen LogP contribution in [0.1, 0.15) is 6.92 Å². The molecule has 0 N–H and O–H groups in total. The van der Waals surface area contributed by atoms with Gasteiger partial charge in [-0.1, -0.05) is 0 Å². The number of ether oxygens (including phenoxy) is 1. The van der Waals surface area contributed by atoms with Crippen molar-refractivity contribution >= 4 is 31.9 Å². The van der Waals surface area contributed by atoms with Gasteiger partial charge in [0.2, 0.25) is 0 Å². The second-order valence-electron chi connectivity index (χ2n) is 1.01. The van der Waals surface area contributed by atoms with Gasteiger partial charge in [-0.05, 0) is 38.8 Å². The molecule has 3 heteroatoms. The van der Waals surface area contributed by atoms with Gasteiger partial charge in [0, 0.05) is 7.11 Å². The summed E-state index contributed by atoms with van der Waals surface area (Å²) >= 11 is 6.34. The summed E-state index contributed by atoms with van der Waals surface area (Å²) in [7, 11) is 1.61. The van der Waals surface area contributed by atoms with Crippen LogP contribution in [0.15, 0.2) is 0 Å². The summed E-state index contributed by atoms with van der Waals surface area (Å²) in [5.74, 6) is 0. The molecule has 0 bridgehead atoms. The lowest BCUT2D eigenvalue weighted by atomic mass is 10.9. The Kier molecular flexibility index (Phi) is 2.63. The topological polar surface area (TPSA) is 9.23 Å². The second kappa shape index (κ2) is 2.28. The Bertz CT molecular complexity index is 38.5. The zero-order chi connectivity index (χ0) is 5.21. The number of methoxy groups -OCH3 is 1.